The van der Waals surface area contributed by atoms with Gasteiger partial charge in [-0.15, -0.1) is 0 Å². The number of nitrogens with zero attached hydrogens (tertiary/aromatic N) is 1. The maximum absolute atomic E-state index is 12.0. The van der Waals surface area contributed by atoms with Crippen LogP contribution in [0.3, 0.4) is 0 Å². The highest BCUT2D eigenvalue weighted by Gasteiger charge is 2.25. The predicted molar refractivity (Wildman–Crippen MR) is 161 cm³/mol. The van der Waals surface area contributed by atoms with E-state index >= 15 is 0 Å². The van der Waals surface area contributed by atoms with Crippen molar-refractivity contribution in [2.75, 3.05) is 39.9 Å². The van der Waals surface area contributed by atoms with Gasteiger partial charge in [0.1, 0.15) is 13.2 Å². The van der Waals surface area contributed by atoms with Crippen molar-refractivity contribution < 1.29 is 23.0 Å². The fourth-order valence-electron chi connectivity index (χ4n) is 5.50. The van der Waals surface area contributed by atoms with Crippen LogP contribution >= 0.6 is 7.82 Å². The third-order valence-electron chi connectivity index (χ3n) is 8.18. The van der Waals surface area contributed by atoms with Gasteiger partial charge < -0.3 is 18.4 Å². The normalized spacial score (nSPS) is 17.2. The SMILES string of the molecule is CCCCCCCC/C=C\CCCCCCCCCCCCCCOP(=O)([O-])OCC[N+]1(C)CCCCC1. The maximum atomic E-state index is 12.0. The van der Waals surface area contributed by atoms with Gasteiger partial charge >= 0.3 is 0 Å². The Kier molecular flexibility index (Phi) is 23.2. The molecular weight excluding hydrogens is 493 g/mol. The van der Waals surface area contributed by atoms with Gasteiger partial charge in [-0.05, 0) is 51.4 Å². The van der Waals surface area contributed by atoms with E-state index in [4.69, 9.17) is 9.05 Å². The van der Waals surface area contributed by atoms with Crippen molar-refractivity contribution in [1.82, 2.24) is 0 Å². The molecule has 1 aliphatic heterocycles. The predicted octanol–water partition coefficient (Wildman–Crippen LogP) is 9.50. The van der Waals surface area contributed by atoms with Gasteiger partial charge in [-0.25, -0.2) is 0 Å². The summed E-state index contributed by atoms with van der Waals surface area (Å²) in [6, 6.07) is 0. The summed E-state index contributed by atoms with van der Waals surface area (Å²) in [7, 11) is -1.96. The average molecular weight is 558 g/mol. The second kappa shape index (κ2) is 24.6. The molecule has 0 aliphatic carbocycles. The molecule has 1 unspecified atom stereocenters. The second-order valence-electron chi connectivity index (χ2n) is 12.0. The van der Waals surface area contributed by atoms with E-state index < -0.39 is 7.82 Å². The first-order chi connectivity index (χ1) is 18.5. The lowest BCUT2D eigenvalue weighted by Gasteiger charge is -2.38. The number of likely N-dealkylation sites (tertiary alicyclic amines) is 1. The molecule has 6 heteroatoms. The lowest BCUT2D eigenvalue weighted by atomic mass is 10.0. The van der Waals surface area contributed by atoms with Crippen LogP contribution in [0, 0.1) is 0 Å². The van der Waals surface area contributed by atoms with E-state index in [9.17, 15) is 9.46 Å². The fraction of sp³-hybridized carbons (Fsp3) is 0.938. The zero-order valence-electron chi connectivity index (χ0n) is 25.5. The minimum absolute atomic E-state index is 0.230. The number of unbranched alkanes of at least 4 members (excludes halogenated alkanes) is 18. The summed E-state index contributed by atoms with van der Waals surface area (Å²) in [6.07, 6.45) is 34.5. The van der Waals surface area contributed by atoms with Gasteiger partial charge in [-0.3, -0.25) is 4.57 Å². The van der Waals surface area contributed by atoms with Gasteiger partial charge in [0.2, 0.25) is 0 Å². The first-order valence-electron chi connectivity index (χ1n) is 16.6. The molecule has 0 bridgehead atoms. The Morgan fingerprint density at radius 1 is 0.632 bits per heavy atom. The summed E-state index contributed by atoms with van der Waals surface area (Å²) in [6.45, 7) is 5.74. The molecule has 0 spiro atoms. The van der Waals surface area contributed by atoms with E-state index in [0.29, 0.717) is 0 Å². The molecule has 1 heterocycles. The molecule has 0 radical (unpaired) electrons. The summed E-state index contributed by atoms with van der Waals surface area (Å²) >= 11 is 0. The summed E-state index contributed by atoms with van der Waals surface area (Å²) < 4.78 is 23.0. The van der Waals surface area contributed by atoms with Gasteiger partial charge in [0.15, 0.2) is 0 Å². The molecule has 0 N–H and O–H groups in total. The Labute approximate surface area is 237 Å². The molecule has 38 heavy (non-hydrogen) atoms. The highest BCUT2D eigenvalue weighted by atomic mass is 31.2. The zero-order valence-corrected chi connectivity index (χ0v) is 26.4. The molecule has 1 rings (SSSR count). The minimum atomic E-state index is -4.15. The van der Waals surface area contributed by atoms with Crippen LogP contribution in [0.15, 0.2) is 12.2 Å². The summed E-state index contributed by atoms with van der Waals surface area (Å²) in [5.74, 6) is 0. The molecule has 0 aromatic heterocycles. The van der Waals surface area contributed by atoms with E-state index in [1.807, 2.05) is 0 Å². The molecular formula is C32H64NO4P. The molecule has 0 aromatic carbocycles. The standard InChI is InChI=1S/C32H64NO4P/c1-3-4-5-6-7-8-9-10-11-12-13-14-15-16-17-18-19-20-21-22-23-27-31-36-38(34,35)37-32-30-33(2)28-25-24-26-29-33/h10-11H,3-9,12-32H2,1-2H3/b11-10-. The van der Waals surface area contributed by atoms with E-state index in [1.54, 1.807) is 0 Å². The van der Waals surface area contributed by atoms with E-state index in [1.165, 1.54) is 128 Å². The van der Waals surface area contributed by atoms with Crippen LogP contribution in [-0.4, -0.2) is 44.4 Å². The van der Waals surface area contributed by atoms with Crippen molar-refractivity contribution in [1.29, 1.82) is 0 Å². The van der Waals surface area contributed by atoms with Crippen molar-refractivity contribution in [3.8, 4) is 0 Å². The number of allylic oxidation sites excluding steroid dienone is 2. The van der Waals surface area contributed by atoms with Gasteiger partial charge in [-0.1, -0.05) is 115 Å². The van der Waals surface area contributed by atoms with Crippen LogP contribution < -0.4 is 4.89 Å². The van der Waals surface area contributed by atoms with E-state index in [0.717, 1.165) is 43.4 Å². The topological polar surface area (TPSA) is 58.6 Å². The van der Waals surface area contributed by atoms with Crippen molar-refractivity contribution in [3.05, 3.63) is 12.2 Å². The van der Waals surface area contributed by atoms with Crippen molar-refractivity contribution in [2.24, 2.45) is 0 Å². The monoisotopic (exact) mass is 557 g/mol. The Hall–Kier alpha value is -0.190. The van der Waals surface area contributed by atoms with Crippen molar-refractivity contribution in [3.63, 3.8) is 0 Å². The molecule has 226 valence electrons. The molecule has 5 nitrogen and oxygen atoms in total. The summed E-state index contributed by atoms with van der Waals surface area (Å²) in [4.78, 5) is 12.0. The number of likely N-dealkylation sites (N-methyl/N-ethyl adjacent to an activating group) is 1. The van der Waals surface area contributed by atoms with Gasteiger partial charge in [0.05, 0.1) is 26.7 Å². The van der Waals surface area contributed by atoms with Crippen molar-refractivity contribution in [2.45, 2.75) is 155 Å². The van der Waals surface area contributed by atoms with Crippen LogP contribution in [0.2, 0.25) is 0 Å². The van der Waals surface area contributed by atoms with E-state index in [-0.39, 0.29) is 13.2 Å². The summed E-state index contributed by atoms with van der Waals surface area (Å²) in [5.41, 5.74) is 0. The summed E-state index contributed by atoms with van der Waals surface area (Å²) in [5, 5.41) is 0. The first kappa shape index (κ1) is 35.8. The molecule has 0 amide bonds. The Morgan fingerprint density at radius 2 is 1.05 bits per heavy atom. The highest BCUT2D eigenvalue weighted by Crippen LogP contribution is 2.38. The molecule has 0 saturated carbocycles. The number of hydrogen-bond donors (Lipinski definition) is 0. The van der Waals surface area contributed by atoms with Crippen LogP contribution in [-0.2, 0) is 13.6 Å². The largest absolute Gasteiger partial charge is 0.756 e. The number of quaternary nitrogens is 1. The smallest absolute Gasteiger partial charge is 0.268 e. The van der Waals surface area contributed by atoms with Crippen LogP contribution in [0.4, 0.5) is 0 Å². The van der Waals surface area contributed by atoms with Gasteiger partial charge in [-0.2, -0.15) is 0 Å². The van der Waals surface area contributed by atoms with Crippen LogP contribution in [0.1, 0.15) is 155 Å². The highest BCUT2D eigenvalue weighted by molar-refractivity contribution is 7.45. The van der Waals surface area contributed by atoms with Crippen LogP contribution in [0.25, 0.3) is 0 Å². The third-order valence-corrected chi connectivity index (χ3v) is 9.18. The molecule has 1 aliphatic rings. The zero-order chi connectivity index (χ0) is 27.6. The number of piperidine rings is 1. The van der Waals surface area contributed by atoms with E-state index in [2.05, 4.69) is 26.1 Å². The quantitative estimate of drug-likeness (QED) is 0.0437. The minimum Gasteiger partial charge on any atom is -0.756 e. The third kappa shape index (κ3) is 22.6. The first-order valence-corrected chi connectivity index (χ1v) is 18.0. The molecule has 1 fully saturated rings. The Bertz CT molecular complexity index is 592. The molecule has 0 aromatic rings. The van der Waals surface area contributed by atoms with Gasteiger partial charge in [0, 0.05) is 0 Å². The number of phosphoric ester groups is 1. The van der Waals surface area contributed by atoms with Crippen LogP contribution in [0.5, 0.6) is 0 Å². The lowest BCUT2D eigenvalue weighted by molar-refractivity contribution is -0.914. The molecule has 1 atom stereocenters. The lowest BCUT2D eigenvalue weighted by Crippen LogP contribution is -2.49. The average Bonchev–Trinajstić information content (AvgIpc) is 2.89. The van der Waals surface area contributed by atoms with Crippen molar-refractivity contribution >= 4 is 7.82 Å². The Balaban J connectivity index is 1.77. The Morgan fingerprint density at radius 3 is 1.55 bits per heavy atom. The fourth-order valence-corrected chi connectivity index (χ4v) is 6.23. The molecule has 1 saturated heterocycles. The maximum Gasteiger partial charge on any atom is 0.268 e. The second-order valence-corrected chi connectivity index (χ2v) is 13.4. The number of rotatable bonds is 27. The number of phosphoric acid groups is 1. The number of hydrogen-bond acceptors (Lipinski definition) is 4. The van der Waals surface area contributed by atoms with Gasteiger partial charge in [0.25, 0.3) is 7.82 Å².